The van der Waals surface area contributed by atoms with E-state index in [1.807, 2.05) is 0 Å². The number of aliphatic hydroxyl groups excluding tert-OH is 1. The van der Waals surface area contributed by atoms with Crippen LogP contribution in [0.2, 0.25) is 0 Å². The molecule has 10 heteroatoms. The number of carbonyl (C=O) groups is 3. The Kier molecular flexibility index (Phi) is 5.24. The molecule has 0 bridgehead atoms. The summed E-state index contributed by atoms with van der Waals surface area (Å²) >= 11 is 0.931. The molecule has 3 aromatic heterocycles. The van der Waals surface area contributed by atoms with Crippen LogP contribution in [-0.4, -0.2) is 34.4 Å². The fourth-order valence-electron chi connectivity index (χ4n) is 3.31. The summed E-state index contributed by atoms with van der Waals surface area (Å²) in [5.74, 6) is -2.05. The molecule has 9 nitrogen and oxygen atoms in total. The Hall–Kier alpha value is -3.66. The maximum absolute atomic E-state index is 13.1. The summed E-state index contributed by atoms with van der Waals surface area (Å²) in [6.07, 6.45) is 1.39. The summed E-state index contributed by atoms with van der Waals surface area (Å²) in [5, 5.41) is 10.8. The maximum Gasteiger partial charge on any atom is 0.350 e. The lowest BCUT2D eigenvalue weighted by Gasteiger charge is -2.21. The van der Waals surface area contributed by atoms with Crippen molar-refractivity contribution < 1.29 is 33.1 Å². The number of rotatable bonds is 6. The number of hydrogen-bond acceptors (Lipinski definition) is 9. The first-order valence-corrected chi connectivity index (χ1v) is 10.2. The molecule has 1 aliphatic heterocycles. The van der Waals surface area contributed by atoms with Crippen LogP contribution in [0.15, 0.2) is 50.7 Å². The van der Waals surface area contributed by atoms with Gasteiger partial charge in [-0.2, -0.15) is 0 Å². The highest BCUT2D eigenvalue weighted by Gasteiger charge is 2.48. The molecule has 160 valence electrons. The lowest BCUT2D eigenvalue weighted by molar-refractivity contribution is -0.117. The average Bonchev–Trinajstić information content (AvgIpc) is 3.50. The summed E-state index contributed by atoms with van der Waals surface area (Å²) in [5.41, 5.74) is 0.171. The molecule has 0 saturated carbocycles. The number of ketones is 1. The topological polar surface area (TPSA) is 123 Å². The minimum absolute atomic E-state index is 0.0206. The number of furan rings is 2. The van der Waals surface area contributed by atoms with Crippen LogP contribution in [0.25, 0.3) is 0 Å². The van der Waals surface area contributed by atoms with Gasteiger partial charge in [0, 0.05) is 0 Å². The van der Waals surface area contributed by atoms with Gasteiger partial charge in [-0.3, -0.25) is 14.5 Å². The van der Waals surface area contributed by atoms with Gasteiger partial charge in [-0.1, -0.05) is 11.3 Å². The predicted octanol–water partition coefficient (Wildman–Crippen LogP) is 3.91. The summed E-state index contributed by atoms with van der Waals surface area (Å²) in [6.45, 7) is 5.16. The number of aromatic nitrogens is 1. The third-order valence-electron chi connectivity index (χ3n) is 4.68. The quantitative estimate of drug-likeness (QED) is 0.450. The highest BCUT2D eigenvalue weighted by molar-refractivity contribution is 7.17. The molecule has 4 heterocycles. The number of Topliss-reactive ketones (excluding diaryl/α,β-unsaturated/α-hetero) is 1. The summed E-state index contributed by atoms with van der Waals surface area (Å²) in [6, 6.07) is 5.18. The van der Waals surface area contributed by atoms with E-state index in [9.17, 15) is 19.5 Å². The van der Waals surface area contributed by atoms with Gasteiger partial charge in [0.25, 0.3) is 5.91 Å². The molecule has 1 amide bonds. The van der Waals surface area contributed by atoms with Gasteiger partial charge >= 0.3 is 5.97 Å². The van der Waals surface area contributed by atoms with E-state index < -0.39 is 29.5 Å². The zero-order valence-electron chi connectivity index (χ0n) is 16.9. The maximum atomic E-state index is 13.1. The fraction of sp³-hybridized carbons (Fsp3) is 0.238. The number of esters is 1. The molecule has 0 fully saturated rings. The third kappa shape index (κ3) is 3.44. The van der Waals surface area contributed by atoms with E-state index in [1.54, 1.807) is 39.0 Å². The number of hydrogen-bond donors (Lipinski definition) is 1. The normalized spacial score (nSPS) is 16.3. The Morgan fingerprint density at radius 2 is 2.06 bits per heavy atom. The fourth-order valence-corrected chi connectivity index (χ4v) is 4.30. The monoisotopic (exact) mass is 442 g/mol. The number of amides is 1. The van der Waals surface area contributed by atoms with Gasteiger partial charge in [-0.05, 0) is 45.0 Å². The third-order valence-corrected chi connectivity index (χ3v) is 5.82. The van der Waals surface area contributed by atoms with Crippen molar-refractivity contribution in [3.8, 4) is 0 Å². The number of ether oxygens (including phenoxy) is 1. The van der Waals surface area contributed by atoms with Gasteiger partial charge in [-0.25, -0.2) is 9.78 Å². The molecule has 1 aliphatic rings. The zero-order valence-corrected chi connectivity index (χ0v) is 17.7. The van der Waals surface area contributed by atoms with Crippen LogP contribution in [0, 0.1) is 13.8 Å². The van der Waals surface area contributed by atoms with Crippen LogP contribution in [0.4, 0.5) is 5.13 Å². The molecule has 0 unspecified atom stereocenters. The van der Waals surface area contributed by atoms with Crippen molar-refractivity contribution in [2.45, 2.75) is 26.8 Å². The van der Waals surface area contributed by atoms with E-state index in [4.69, 9.17) is 13.6 Å². The van der Waals surface area contributed by atoms with Crippen LogP contribution >= 0.6 is 11.3 Å². The Balaban J connectivity index is 1.81. The number of anilines is 1. The standard InChI is InChI=1S/C21H18N2O7S/c1-4-28-20(27)18-11(3)22-21(31-18)23-15(12-6-5-9-29-12)14(17(25)19(23)26)16(24)13-8-7-10(2)30-13/h5-9,15,25H,4H2,1-3H3/t15-/m0/s1. The van der Waals surface area contributed by atoms with E-state index in [0.717, 1.165) is 16.2 Å². The molecule has 4 rings (SSSR count). The van der Waals surface area contributed by atoms with Crippen molar-refractivity contribution in [3.05, 3.63) is 69.7 Å². The van der Waals surface area contributed by atoms with E-state index >= 15 is 0 Å². The second kappa shape index (κ2) is 7.88. The summed E-state index contributed by atoms with van der Waals surface area (Å²) in [7, 11) is 0. The van der Waals surface area contributed by atoms with Crippen LogP contribution in [0.5, 0.6) is 0 Å². The predicted molar refractivity (Wildman–Crippen MR) is 109 cm³/mol. The van der Waals surface area contributed by atoms with Crippen LogP contribution in [0.3, 0.4) is 0 Å². The van der Waals surface area contributed by atoms with Crippen LogP contribution in [-0.2, 0) is 9.53 Å². The molecule has 1 N–H and O–H groups in total. The van der Waals surface area contributed by atoms with Crippen LogP contribution < -0.4 is 4.90 Å². The number of nitrogens with zero attached hydrogens (tertiary/aromatic N) is 2. The van der Waals surface area contributed by atoms with Crippen molar-refractivity contribution in [1.82, 2.24) is 4.98 Å². The van der Waals surface area contributed by atoms with Gasteiger partial charge in [0.05, 0.1) is 24.1 Å². The van der Waals surface area contributed by atoms with E-state index in [2.05, 4.69) is 4.98 Å². The molecular formula is C21H18N2O7S. The van der Waals surface area contributed by atoms with Crippen molar-refractivity contribution in [1.29, 1.82) is 0 Å². The Bertz CT molecular complexity index is 1200. The van der Waals surface area contributed by atoms with E-state index in [-0.39, 0.29) is 33.7 Å². The minimum atomic E-state index is -1.08. The second-order valence-corrected chi connectivity index (χ2v) is 7.70. The minimum Gasteiger partial charge on any atom is -0.503 e. The van der Waals surface area contributed by atoms with Gasteiger partial charge in [0.2, 0.25) is 5.78 Å². The van der Waals surface area contributed by atoms with Gasteiger partial charge in [0.15, 0.2) is 16.7 Å². The van der Waals surface area contributed by atoms with Gasteiger partial charge in [-0.15, -0.1) is 0 Å². The highest BCUT2D eigenvalue weighted by atomic mass is 32.1. The zero-order chi connectivity index (χ0) is 22.3. The lowest BCUT2D eigenvalue weighted by Crippen LogP contribution is -2.30. The Labute approximate surface area is 180 Å². The molecule has 1 atom stereocenters. The lowest BCUT2D eigenvalue weighted by atomic mass is 10.00. The largest absolute Gasteiger partial charge is 0.503 e. The average molecular weight is 442 g/mol. The molecule has 0 aromatic carbocycles. The van der Waals surface area contributed by atoms with E-state index in [0.29, 0.717) is 11.5 Å². The Morgan fingerprint density at radius 1 is 1.29 bits per heavy atom. The van der Waals surface area contributed by atoms with Crippen molar-refractivity contribution >= 4 is 34.1 Å². The highest BCUT2D eigenvalue weighted by Crippen LogP contribution is 2.44. The smallest absolute Gasteiger partial charge is 0.350 e. The number of thiazole rings is 1. The van der Waals surface area contributed by atoms with E-state index in [1.165, 1.54) is 12.3 Å². The molecular weight excluding hydrogens is 424 g/mol. The Morgan fingerprint density at radius 3 is 2.68 bits per heavy atom. The van der Waals surface area contributed by atoms with Crippen molar-refractivity contribution in [2.24, 2.45) is 0 Å². The summed E-state index contributed by atoms with van der Waals surface area (Å²) < 4.78 is 15.9. The van der Waals surface area contributed by atoms with Gasteiger partial charge < -0.3 is 18.7 Å². The SMILES string of the molecule is CCOC(=O)c1sc(N2C(=O)C(O)=C(C(=O)c3ccc(C)o3)[C@@H]2c2ccco2)nc1C. The van der Waals surface area contributed by atoms with Crippen molar-refractivity contribution in [3.63, 3.8) is 0 Å². The first kappa shape index (κ1) is 20.6. The second-order valence-electron chi connectivity index (χ2n) is 6.73. The summed E-state index contributed by atoms with van der Waals surface area (Å²) in [4.78, 5) is 44.1. The van der Waals surface area contributed by atoms with Crippen LogP contribution in [0.1, 0.15) is 50.4 Å². The van der Waals surface area contributed by atoms with Crippen molar-refractivity contribution in [2.75, 3.05) is 11.5 Å². The van der Waals surface area contributed by atoms with Gasteiger partial charge in [0.1, 0.15) is 22.4 Å². The molecule has 0 radical (unpaired) electrons. The molecule has 31 heavy (non-hydrogen) atoms. The molecule has 0 spiro atoms. The molecule has 0 saturated heterocycles. The number of carbonyl (C=O) groups excluding carboxylic acids is 3. The number of aliphatic hydroxyl groups is 1. The molecule has 0 aliphatic carbocycles. The number of aryl methyl sites for hydroxylation is 2. The first-order chi connectivity index (χ1) is 14.8. The molecule has 3 aromatic rings. The first-order valence-electron chi connectivity index (χ1n) is 9.39.